The summed E-state index contributed by atoms with van der Waals surface area (Å²) >= 11 is 0. The molecule has 0 amide bonds. The fourth-order valence-electron chi connectivity index (χ4n) is 0.995. The van der Waals surface area contributed by atoms with Gasteiger partial charge in [-0.15, -0.1) is 0 Å². The molecule has 0 rings (SSSR count). The molecule has 104 valence electrons. The average molecular weight is 345 g/mol. The number of hydrogen-bond donors (Lipinski definition) is 5. The minimum absolute atomic E-state index is 0. The SMILES string of the molecule is O=C(O)CCC(NC(C(=O)O)C(=O)O)C(=O)O.[NaH].[NaH].[NaH].[NaH]. The molecule has 0 saturated heterocycles. The van der Waals surface area contributed by atoms with Gasteiger partial charge in [0.1, 0.15) is 6.04 Å². The van der Waals surface area contributed by atoms with Crippen LogP contribution in [0.5, 0.6) is 0 Å². The molecule has 1 atom stereocenters. The Kier molecular flexibility index (Phi) is 29.6. The number of nitrogens with one attached hydrogen (secondary N) is 1. The Morgan fingerprint density at radius 1 is 0.762 bits per heavy atom. The summed E-state index contributed by atoms with van der Waals surface area (Å²) in [5.74, 6) is -6.28. The Bertz CT molecular complexity index is 339. The van der Waals surface area contributed by atoms with Gasteiger partial charge in [-0.05, 0) is 6.42 Å². The summed E-state index contributed by atoms with van der Waals surface area (Å²) in [6.07, 6.45) is -0.933. The molecule has 0 bridgehead atoms. The molecular weight excluding hydrogens is 330 g/mol. The van der Waals surface area contributed by atoms with Crippen LogP contribution in [0.25, 0.3) is 0 Å². The first-order valence-electron chi connectivity index (χ1n) is 4.42. The number of carbonyl (C=O) groups is 4. The van der Waals surface area contributed by atoms with Crippen LogP contribution in [0.1, 0.15) is 12.8 Å². The molecule has 0 aliphatic rings. The van der Waals surface area contributed by atoms with Gasteiger partial charge in [-0.1, -0.05) is 0 Å². The molecule has 0 fully saturated rings. The molecule has 5 N–H and O–H groups in total. The van der Waals surface area contributed by atoms with E-state index in [0.29, 0.717) is 0 Å². The number of rotatable bonds is 8. The van der Waals surface area contributed by atoms with Crippen molar-refractivity contribution in [3.63, 3.8) is 0 Å². The normalized spacial score (nSPS) is 9.76. The van der Waals surface area contributed by atoms with E-state index in [1.165, 1.54) is 0 Å². The van der Waals surface area contributed by atoms with Crippen LogP contribution in [-0.2, 0) is 19.2 Å². The third kappa shape index (κ3) is 16.5. The van der Waals surface area contributed by atoms with Crippen molar-refractivity contribution in [2.75, 3.05) is 0 Å². The summed E-state index contributed by atoms with van der Waals surface area (Å²) in [6, 6.07) is -3.65. The third-order valence-electron chi connectivity index (χ3n) is 1.81. The average Bonchev–Trinajstić information content (AvgIpc) is 2.15. The van der Waals surface area contributed by atoms with Crippen molar-refractivity contribution in [3.05, 3.63) is 0 Å². The van der Waals surface area contributed by atoms with Gasteiger partial charge >= 0.3 is 142 Å². The summed E-state index contributed by atoms with van der Waals surface area (Å²) in [5, 5.41) is 35.8. The Morgan fingerprint density at radius 2 is 1.14 bits per heavy atom. The monoisotopic (exact) mass is 345 g/mol. The Hall–Kier alpha value is 1.84. The molecule has 13 heteroatoms. The Labute approximate surface area is 208 Å². The van der Waals surface area contributed by atoms with Crippen molar-refractivity contribution in [2.24, 2.45) is 0 Å². The quantitative estimate of drug-likeness (QED) is 0.217. The standard InChI is InChI=1S/C8H11NO8.4Na.4H/c10-4(11)2-1-3(6(12)13)9-5(7(14)15)8(16)17;;;;;;;;/h3,5,9H,1-2H2,(H,10,11)(H,12,13)(H,14,15)(H,16,17);;;;;;;;. The number of carboxylic acid groups (broad SMARTS) is 4. The van der Waals surface area contributed by atoms with Crippen molar-refractivity contribution in [1.82, 2.24) is 5.32 Å². The third-order valence-corrected chi connectivity index (χ3v) is 1.81. The minimum atomic E-state index is -2.09. The zero-order valence-corrected chi connectivity index (χ0v) is 8.49. The van der Waals surface area contributed by atoms with Gasteiger partial charge in [-0.2, -0.15) is 0 Å². The number of hydrogen-bond acceptors (Lipinski definition) is 5. The van der Waals surface area contributed by atoms with Crippen LogP contribution >= 0.6 is 0 Å². The first kappa shape index (κ1) is 34.2. The summed E-state index contributed by atoms with van der Waals surface area (Å²) in [7, 11) is 0. The number of aliphatic carboxylic acids is 4. The van der Waals surface area contributed by atoms with Crippen LogP contribution in [-0.4, -0.2) is 175 Å². The molecule has 0 aromatic heterocycles. The van der Waals surface area contributed by atoms with Crippen LogP contribution in [0, 0.1) is 0 Å². The van der Waals surface area contributed by atoms with Gasteiger partial charge in [-0.3, -0.25) is 14.9 Å². The molecule has 9 nitrogen and oxygen atoms in total. The van der Waals surface area contributed by atoms with Gasteiger partial charge in [0.2, 0.25) is 6.04 Å². The van der Waals surface area contributed by atoms with Crippen LogP contribution in [0.15, 0.2) is 0 Å². The molecule has 0 aliphatic heterocycles. The fourth-order valence-corrected chi connectivity index (χ4v) is 0.995. The Balaban J connectivity index is -0.000000213. The van der Waals surface area contributed by atoms with Crippen LogP contribution < -0.4 is 5.32 Å². The summed E-state index contributed by atoms with van der Waals surface area (Å²) in [5.41, 5.74) is 0. The maximum atomic E-state index is 10.7. The van der Waals surface area contributed by atoms with Gasteiger partial charge in [0.25, 0.3) is 0 Å². The van der Waals surface area contributed by atoms with Crippen LogP contribution in [0.2, 0.25) is 0 Å². The molecule has 0 aromatic rings. The molecule has 0 radical (unpaired) electrons. The van der Waals surface area contributed by atoms with E-state index in [2.05, 4.69) is 0 Å². The number of carboxylic acids is 4. The summed E-state index contributed by atoms with van der Waals surface area (Å²) < 4.78 is 0. The topological polar surface area (TPSA) is 161 Å². The molecule has 0 saturated carbocycles. The van der Waals surface area contributed by atoms with Gasteiger partial charge in [-0.25, -0.2) is 9.59 Å². The molecule has 21 heavy (non-hydrogen) atoms. The maximum absolute atomic E-state index is 10.7. The first-order chi connectivity index (χ1) is 7.75. The van der Waals surface area contributed by atoms with E-state index < -0.39 is 48.8 Å². The van der Waals surface area contributed by atoms with Crippen molar-refractivity contribution in [2.45, 2.75) is 24.9 Å². The van der Waals surface area contributed by atoms with Gasteiger partial charge in [0, 0.05) is 6.42 Å². The molecule has 0 aliphatic carbocycles. The van der Waals surface area contributed by atoms with E-state index in [1.54, 1.807) is 0 Å². The van der Waals surface area contributed by atoms with Crippen molar-refractivity contribution in [1.29, 1.82) is 0 Å². The summed E-state index contributed by atoms with van der Waals surface area (Å²) in [4.78, 5) is 41.8. The Morgan fingerprint density at radius 3 is 1.38 bits per heavy atom. The molecule has 0 spiro atoms. The van der Waals surface area contributed by atoms with E-state index in [1.807, 2.05) is 5.32 Å². The molecule has 0 heterocycles. The van der Waals surface area contributed by atoms with E-state index in [4.69, 9.17) is 20.4 Å². The second-order valence-corrected chi connectivity index (χ2v) is 3.10. The molecular formula is C8H15NNa4O8. The zero-order valence-electron chi connectivity index (χ0n) is 8.49. The van der Waals surface area contributed by atoms with Gasteiger partial charge in [0.05, 0.1) is 0 Å². The van der Waals surface area contributed by atoms with E-state index in [-0.39, 0.29) is 118 Å². The van der Waals surface area contributed by atoms with Crippen LogP contribution in [0.4, 0.5) is 0 Å². The van der Waals surface area contributed by atoms with E-state index >= 15 is 0 Å². The van der Waals surface area contributed by atoms with E-state index in [9.17, 15) is 19.2 Å². The van der Waals surface area contributed by atoms with Crippen molar-refractivity contribution < 1.29 is 39.6 Å². The predicted octanol–water partition coefficient (Wildman–Crippen LogP) is -4.16. The predicted molar refractivity (Wildman–Crippen MR) is 79.1 cm³/mol. The molecule has 1 unspecified atom stereocenters. The van der Waals surface area contributed by atoms with Gasteiger partial charge in [0.15, 0.2) is 0 Å². The van der Waals surface area contributed by atoms with E-state index in [0.717, 1.165) is 0 Å². The second-order valence-electron chi connectivity index (χ2n) is 3.10. The zero-order chi connectivity index (χ0) is 13.6. The fraction of sp³-hybridized carbons (Fsp3) is 0.500. The first-order valence-corrected chi connectivity index (χ1v) is 4.42. The molecule has 0 aromatic carbocycles. The van der Waals surface area contributed by atoms with Crippen LogP contribution in [0.3, 0.4) is 0 Å². The van der Waals surface area contributed by atoms with Crippen molar-refractivity contribution in [3.8, 4) is 0 Å². The van der Waals surface area contributed by atoms with Crippen molar-refractivity contribution >= 4 is 142 Å². The van der Waals surface area contributed by atoms with Gasteiger partial charge < -0.3 is 20.4 Å². The second kappa shape index (κ2) is 18.2. The summed E-state index contributed by atoms with van der Waals surface area (Å²) in [6.45, 7) is 0.